The van der Waals surface area contributed by atoms with E-state index >= 15 is 0 Å². The van der Waals surface area contributed by atoms with Gasteiger partial charge in [-0.2, -0.15) is 0 Å². The lowest BCUT2D eigenvalue weighted by Crippen LogP contribution is -2.35. The zero-order valence-electron chi connectivity index (χ0n) is 9.07. The van der Waals surface area contributed by atoms with E-state index in [2.05, 4.69) is 15.9 Å². The lowest BCUT2D eigenvalue weighted by molar-refractivity contribution is 0.0754. The highest BCUT2D eigenvalue weighted by atomic mass is 79.9. The van der Waals surface area contributed by atoms with Crippen LogP contribution in [0.15, 0.2) is 21.2 Å². The Balaban J connectivity index is 2.64. The number of hydrogen-bond donors (Lipinski definition) is 1. The Morgan fingerprint density at radius 1 is 1.69 bits per heavy atom. The van der Waals surface area contributed by atoms with Crippen molar-refractivity contribution >= 4 is 39.0 Å². The van der Waals surface area contributed by atoms with Gasteiger partial charge in [-0.1, -0.05) is 19.1 Å². The smallest absolute Gasteiger partial charge is 0.289 e. The molecule has 2 N–H and O–H groups in total. The number of nitrogens with two attached hydrogens (primary N) is 1. The first kappa shape index (κ1) is 13.2. The Bertz CT molecular complexity index is 405. The monoisotopic (exact) mass is 304 g/mol. The summed E-state index contributed by atoms with van der Waals surface area (Å²) in [6, 6.07) is 3.30. The summed E-state index contributed by atoms with van der Waals surface area (Å²) in [4.78, 5) is 13.8. The second-order valence-electron chi connectivity index (χ2n) is 3.59. The third kappa shape index (κ3) is 3.31. The molecule has 1 rings (SSSR count). The number of thiocarbonyl (C=S) groups is 1. The van der Waals surface area contributed by atoms with Gasteiger partial charge in [0.25, 0.3) is 5.91 Å². The number of halogens is 1. The van der Waals surface area contributed by atoms with Crippen molar-refractivity contribution in [3.63, 3.8) is 0 Å². The fourth-order valence-corrected chi connectivity index (χ4v) is 1.58. The SMILES string of the molecule is CC(CN(C)C(=O)c1ccc(Br)o1)C(N)=S. The standard InChI is InChI=1S/C10H13BrN2O2S/c1-6(9(12)16)5-13(2)10(14)7-3-4-8(11)15-7/h3-4,6H,5H2,1-2H3,(H2,12,16). The number of carbonyl (C=O) groups is 1. The number of furan rings is 1. The first-order valence-corrected chi connectivity index (χ1v) is 5.92. The highest BCUT2D eigenvalue weighted by molar-refractivity contribution is 9.10. The molecule has 1 heterocycles. The average Bonchev–Trinajstić information content (AvgIpc) is 2.63. The van der Waals surface area contributed by atoms with Crippen LogP contribution in [0.3, 0.4) is 0 Å². The van der Waals surface area contributed by atoms with E-state index in [9.17, 15) is 4.79 Å². The van der Waals surface area contributed by atoms with Gasteiger partial charge in [0.15, 0.2) is 10.4 Å². The predicted molar refractivity (Wildman–Crippen MR) is 69.3 cm³/mol. The van der Waals surface area contributed by atoms with Crippen molar-refractivity contribution in [3.05, 3.63) is 22.6 Å². The maximum Gasteiger partial charge on any atom is 0.289 e. The van der Waals surface area contributed by atoms with Crippen LogP contribution in [-0.2, 0) is 0 Å². The second kappa shape index (κ2) is 5.45. The normalized spacial score (nSPS) is 12.2. The van der Waals surface area contributed by atoms with Gasteiger partial charge >= 0.3 is 0 Å². The van der Waals surface area contributed by atoms with Crippen molar-refractivity contribution in [2.45, 2.75) is 6.92 Å². The van der Waals surface area contributed by atoms with Gasteiger partial charge in [0.2, 0.25) is 0 Å². The summed E-state index contributed by atoms with van der Waals surface area (Å²) < 4.78 is 5.70. The largest absolute Gasteiger partial charge is 0.444 e. The lowest BCUT2D eigenvalue weighted by atomic mass is 10.1. The Labute approximate surface area is 108 Å². The molecule has 0 aromatic carbocycles. The van der Waals surface area contributed by atoms with Crippen LogP contribution in [0.4, 0.5) is 0 Å². The van der Waals surface area contributed by atoms with Gasteiger partial charge in [-0.15, -0.1) is 0 Å². The fourth-order valence-electron chi connectivity index (χ4n) is 1.20. The molecule has 0 radical (unpaired) electrons. The minimum absolute atomic E-state index is 0.0117. The van der Waals surface area contributed by atoms with E-state index in [0.717, 1.165) is 0 Å². The lowest BCUT2D eigenvalue weighted by Gasteiger charge is -2.19. The molecule has 1 aromatic rings. The molecule has 16 heavy (non-hydrogen) atoms. The van der Waals surface area contributed by atoms with E-state index in [0.29, 0.717) is 22.0 Å². The van der Waals surface area contributed by atoms with Crippen LogP contribution < -0.4 is 5.73 Å². The first-order chi connectivity index (χ1) is 7.41. The maximum absolute atomic E-state index is 11.8. The van der Waals surface area contributed by atoms with Crippen LogP contribution in [0.2, 0.25) is 0 Å². The number of amides is 1. The molecule has 1 unspecified atom stereocenters. The Morgan fingerprint density at radius 3 is 2.75 bits per heavy atom. The minimum atomic E-state index is -0.186. The summed E-state index contributed by atoms with van der Waals surface area (Å²) >= 11 is 8.00. The molecular formula is C10H13BrN2O2S. The minimum Gasteiger partial charge on any atom is -0.444 e. The van der Waals surface area contributed by atoms with Crippen molar-refractivity contribution in [3.8, 4) is 0 Å². The first-order valence-electron chi connectivity index (χ1n) is 4.72. The number of hydrogen-bond acceptors (Lipinski definition) is 3. The molecular weight excluding hydrogens is 292 g/mol. The van der Waals surface area contributed by atoms with Gasteiger partial charge in [-0.3, -0.25) is 4.79 Å². The number of carbonyl (C=O) groups excluding carboxylic acids is 1. The van der Waals surface area contributed by atoms with Crippen LogP contribution in [-0.4, -0.2) is 29.4 Å². The summed E-state index contributed by atoms with van der Waals surface area (Å²) in [7, 11) is 1.69. The topological polar surface area (TPSA) is 59.5 Å². The van der Waals surface area contributed by atoms with Crippen molar-refractivity contribution in [1.29, 1.82) is 0 Å². The van der Waals surface area contributed by atoms with Crippen LogP contribution in [0.25, 0.3) is 0 Å². The molecule has 4 nitrogen and oxygen atoms in total. The second-order valence-corrected chi connectivity index (χ2v) is 4.85. The molecule has 0 fully saturated rings. The molecule has 1 amide bonds. The zero-order valence-corrected chi connectivity index (χ0v) is 11.5. The van der Waals surface area contributed by atoms with Gasteiger partial charge in [0.1, 0.15) is 0 Å². The zero-order chi connectivity index (χ0) is 12.3. The molecule has 6 heteroatoms. The van der Waals surface area contributed by atoms with Crippen molar-refractivity contribution in [2.24, 2.45) is 11.7 Å². The molecule has 88 valence electrons. The van der Waals surface area contributed by atoms with Crippen LogP contribution >= 0.6 is 28.1 Å². The van der Waals surface area contributed by atoms with Gasteiger partial charge in [-0.05, 0) is 28.1 Å². The van der Waals surface area contributed by atoms with Gasteiger partial charge < -0.3 is 15.1 Å². The summed E-state index contributed by atoms with van der Waals surface area (Å²) in [6.45, 7) is 2.36. The third-order valence-electron chi connectivity index (χ3n) is 2.16. The molecule has 0 saturated carbocycles. The van der Waals surface area contributed by atoms with Crippen LogP contribution in [0.1, 0.15) is 17.5 Å². The predicted octanol–water partition coefficient (Wildman–Crippen LogP) is 2.04. The summed E-state index contributed by atoms with van der Waals surface area (Å²) in [5.74, 6) is 0.0978. The Morgan fingerprint density at radius 2 is 2.31 bits per heavy atom. The van der Waals surface area contributed by atoms with E-state index < -0.39 is 0 Å². The quantitative estimate of drug-likeness (QED) is 0.865. The van der Waals surface area contributed by atoms with E-state index in [1.807, 2.05) is 6.92 Å². The Hall–Kier alpha value is -0.880. The highest BCUT2D eigenvalue weighted by Gasteiger charge is 2.18. The average molecular weight is 305 g/mol. The van der Waals surface area contributed by atoms with Gasteiger partial charge in [0.05, 0.1) is 4.99 Å². The summed E-state index contributed by atoms with van der Waals surface area (Å²) in [6.07, 6.45) is 0. The molecule has 0 aliphatic carbocycles. The highest BCUT2D eigenvalue weighted by Crippen LogP contribution is 2.15. The van der Waals surface area contributed by atoms with Crippen molar-refractivity contribution < 1.29 is 9.21 Å². The van der Waals surface area contributed by atoms with Gasteiger partial charge in [0, 0.05) is 19.5 Å². The molecule has 0 saturated heterocycles. The van der Waals surface area contributed by atoms with Crippen molar-refractivity contribution in [2.75, 3.05) is 13.6 Å². The summed E-state index contributed by atoms with van der Waals surface area (Å²) in [5.41, 5.74) is 5.49. The van der Waals surface area contributed by atoms with E-state index in [1.165, 1.54) is 4.90 Å². The summed E-state index contributed by atoms with van der Waals surface area (Å²) in [5, 5.41) is 0. The molecule has 0 spiro atoms. The Kier molecular flexibility index (Phi) is 4.49. The van der Waals surface area contributed by atoms with E-state index in [4.69, 9.17) is 22.4 Å². The molecule has 1 aromatic heterocycles. The fraction of sp³-hybridized carbons (Fsp3) is 0.400. The van der Waals surface area contributed by atoms with Crippen LogP contribution in [0.5, 0.6) is 0 Å². The molecule has 0 bridgehead atoms. The number of nitrogens with zero attached hydrogens (tertiary/aromatic N) is 1. The van der Waals surface area contributed by atoms with E-state index in [1.54, 1.807) is 19.2 Å². The van der Waals surface area contributed by atoms with Crippen molar-refractivity contribution in [1.82, 2.24) is 4.90 Å². The molecule has 1 atom stereocenters. The van der Waals surface area contributed by atoms with Gasteiger partial charge in [-0.25, -0.2) is 0 Å². The van der Waals surface area contributed by atoms with Crippen LogP contribution in [0, 0.1) is 5.92 Å². The third-order valence-corrected chi connectivity index (χ3v) is 2.99. The number of rotatable bonds is 4. The van der Waals surface area contributed by atoms with E-state index in [-0.39, 0.29) is 11.8 Å². The molecule has 0 aliphatic heterocycles. The maximum atomic E-state index is 11.8. The molecule has 0 aliphatic rings.